The molecule has 8 heteroatoms. The second-order valence-corrected chi connectivity index (χ2v) is 21.9. The van der Waals surface area contributed by atoms with E-state index in [9.17, 15) is 4.39 Å². The molecule has 4 aromatic heterocycles. The molecule has 0 fully saturated rings. The summed E-state index contributed by atoms with van der Waals surface area (Å²) >= 11 is 1.74. The Bertz CT molecular complexity index is 2740. The average molecular weight is 928 g/mol. The molecule has 4 nitrogen and oxygen atoms in total. The SMILES string of the molecule is Cc1cc(C)c(-n2c(-c3[c-]cc4sc5nc(C(C)(C)C)ccc5c4c3)nc3ccccc32)c(C)c1.[2H]C([2H])([2H])c1cc(-c2[c-]cc(F)cc2)ncc1[Si](C)(C)C.[Ir]. The number of para-hydroxylation sites is 2. The van der Waals surface area contributed by atoms with Crippen LogP contribution in [-0.4, -0.2) is 27.6 Å². The maximum atomic E-state index is 13.0. The van der Waals surface area contributed by atoms with Crippen molar-refractivity contribution in [3.05, 3.63) is 137 Å². The number of hydrogen-bond donors (Lipinski definition) is 0. The number of aryl methyl sites for hydroxylation is 4. The van der Waals surface area contributed by atoms with Gasteiger partial charge >= 0.3 is 0 Å². The first-order valence-electron chi connectivity index (χ1n) is 19.3. The van der Waals surface area contributed by atoms with Crippen molar-refractivity contribution < 1.29 is 28.6 Å². The summed E-state index contributed by atoms with van der Waals surface area (Å²) in [7, 11) is -1.81. The van der Waals surface area contributed by atoms with Gasteiger partial charge in [-0.05, 0) is 77.9 Å². The number of imidazole rings is 1. The minimum absolute atomic E-state index is 0. The number of fused-ring (bicyclic) bond motifs is 4. The first-order valence-corrected chi connectivity index (χ1v) is 22.1. The summed E-state index contributed by atoms with van der Waals surface area (Å²) < 4.78 is 39.7. The Balaban J connectivity index is 0.000000215. The minimum Gasteiger partial charge on any atom is -0.333 e. The van der Waals surface area contributed by atoms with E-state index >= 15 is 0 Å². The van der Waals surface area contributed by atoms with Crippen molar-refractivity contribution >= 4 is 55.9 Å². The third-order valence-corrected chi connectivity index (χ3v) is 12.5. The largest absolute Gasteiger partial charge is 0.333 e. The maximum absolute atomic E-state index is 13.0. The number of aromatic nitrogens is 4. The Hall–Kier alpha value is -4.33. The molecule has 4 aromatic carbocycles. The number of pyridine rings is 2. The fourth-order valence-electron chi connectivity index (χ4n) is 6.87. The van der Waals surface area contributed by atoms with Crippen LogP contribution in [-0.2, 0) is 25.5 Å². The van der Waals surface area contributed by atoms with Crippen LogP contribution in [0.4, 0.5) is 4.39 Å². The number of benzene rings is 4. The monoisotopic (exact) mass is 928 g/mol. The molecule has 0 aliphatic heterocycles. The number of rotatable bonds is 4. The van der Waals surface area contributed by atoms with Crippen molar-refractivity contribution in [1.82, 2.24) is 19.5 Å². The van der Waals surface area contributed by atoms with Gasteiger partial charge in [-0.2, -0.15) is 11.3 Å². The number of thiophene rings is 1. The summed E-state index contributed by atoms with van der Waals surface area (Å²) in [6, 6.07) is 33.6. The predicted octanol–water partition coefficient (Wildman–Crippen LogP) is 12.0. The Morgan fingerprint density at radius 3 is 2.20 bits per heavy atom. The second kappa shape index (κ2) is 15.1. The molecule has 54 heavy (non-hydrogen) atoms. The van der Waals surface area contributed by atoms with E-state index < -0.39 is 14.9 Å². The fraction of sp³-hybridized carbons (Fsp3) is 0.239. The maximum Gasteiger partial charge on any atom is 0.114 e. The normalized spacial score (nSPS) is 12.9. The minimum atomic E-state index is -2.19. The van der Waals surface area contributed by atoms with Crippen LogP contribution in [0.2, 0.25) is 19.6 Å². The van der Waals surface area contributed by atoms with Crippen LogP contribution in [0.1, 0.15) is 52.8 Å². The van der Waals surface area contributed by atoms with E-state index in [-0.39, 0.29) is 31.3 Å². The zero-order valence-electron chi connectivity index (χ0n) is 35.1. The first-order chi connectivity index (χ1) is 26.3. The Kier molecular flexibility index (Phi) is 9.87. The van der Waals surface area contributed by atoms with E-state index in [1.54, 1.807) is 29.7 Å². The molecule has 0 bridgehead atoms. The smallest absolute Gasteiger partial charge is 0.114 e. The van der Waals surface area contributed by atoms with Gasteiger partial charge in [0.1, 0.15) is 4.83 Å². The molecule has 277 valence electrons. The molecule has 0 spiro atoms. The Morgan fingerprint density at radius 2 is 1.54 bits per heavy atom. The summed E-state index contributed by atoms with van der Waals surface area (Å²) in [5.41, 5.74) is 10.6. The van der Waals surface area contributed by atoms with Gasteiger partial charge in [0.15, 0.2) is 0 Å². The van der Waals surface area contributed by atoms with Crippen LogP contribution < -0.4 is 5.19 Å². The van der Waals surface area contributed by atoms with Gasteiger partial charge in [0.25, 0.3) is 0 Å². The third-order valence-electron chi connectivity index (χ3n) is 9.46. The molecule has 4 heterocycles. The summed E-state index contributed by atoms with van der Waals surface area (Å²) in [4.78, 5) is 15.5. The molecule has 0 aliphatic carbocycles. The Morgan fingerprint density at radius 1 is 0.815 bits per heavy atom. The van der Waals surface area contributed by atoms with E-state index in [1.807, 2.05) is 0 Å². The van der Waals surface area contributed by atoms with Gasteiger partial charge in [0.2, 0.25) is 0 Å². The standard InChI is InChI=1S/C31H28N3S.C15H17FNSi.Ir/c1-18-15-19(2)28(20(3)16-18)34-25-10-8-7-9-24(25)32-29(34)21-11-13-26-23(17-21)22-12-14-27(31(4,5)6)33-30(22)35-26;1-11-9-14(12-5-7-13(16)8-6-12)17-10-15(11)18(2,3)4;/h7-10,12-17H,1-6H3;5,7-10H,1-4H3;/q2*-1;/i;1D3;. The predicted molar refractivity (Wildman–Crippen MR) is 225 cm³/mol. The number of halogens is 1. The molecule has 0 aliphatic rings. The van der Waals surface area contributed by atoms with Crippen LogP contribution in [0.5, 0.6) is 0 Å². The molecular formula is C46H45FIrN4SSi-2. The zero-order valence-corrected chi connectivity index (χ0v) is 36.3. The van der Waals surface area contributed by atoms with Crippen molar-refractivity contribution in [3.8, 4) is 28.3 Å². The summed E-state index contributed by atoms with van der Waals surface area (Å²) in [6.45, 7) is 17.2. The molecule has 0 unspecified atom stereocenters. The third kappa shape index (κ3) is 7.76. The van der Waals surface area contributed by atoms with Crippen molar-refractivity contribution in [2.24, 2.45) is 0 Å². The van der Waals surface area contributed by atoms with Crippen molar-refractivity contribution in [1.29, 1.82) is 0 Å². The molecule has 8 aromatic rings. The van der Waals surface area contributed by atoms with E-state index in [2.05, 4.69) is 144 Å². The van der Waals surface area contributed by atoms with E-state index in [1.165, 1.54) is 50.0 Å². The average Bonchev–Trinajstić information content (AvgIpc) is 3.68. The molecule has 0 saturated carbocycles. The number of hydrogen-bond acceptors (Lipinski definition) is 4. The van der Waals surface area contributed by atoms with Crippen LogP contribution in [0.25, 0.3) is 59.7 Å². The topological polar surface area (TPSA) is 43.6 Å². The van der Waals surface area contributed by atoms with Crippen LogP contribution in [0, 0.1) is 45.6 Å². The second-order valence-electron chi connectivity index (χ2n) is 15.8. The van der Waals surface area contributed by atoms with E-state index in [0.717, 1.165) is 38.1 Å². The van der Waals surface area contributed by atoms with Crippen molar-refractivity contribution in [2.45, 2.75) is 73.5 Å². The first kappa shape index (κ1) is 35.4. The van der Waals surface area contributed by atoms with Gasteiger partial charge in [0, 0.05) is 53.0 Å². The molecule has 1 radical (unpaired) electrons. The quantitative estimate of drug-likeness (QED) is 0.130. The fourth-order valence-corrected chi connectivity index (χ4v) is 9.24. The van der Waals surface area contributed by atoms with Gasteiger partial charge in [-0.15, -0.1) is 53.6 Å². The van der Waals surface area contributed by atoms with Gasteiger partial charge in [-0.3, -0.25) is 9.37 Å². The summed E-state index contributed by atoms with van der Waals surface area (Å²) in [5, 5.41) is 3.23. The summed E-state index contributed by atoms with van der Waals surface area (Å²) in [6.07, 6.45) is 1.65. The van der Waals surface area contributed by atoms with Crippen LogP contribution in [0.15, 0.2) is 91.1 Å². The van der Waals surface area contributed by atoms with Crippen LogP contribution >= 0.6 is 11.3 Å². The molecule has 8 rings (SSSR count). The van der Waals surface area contributed by atoms with Gasteiger partial charge < -0.3 is 9.55 Å². The summed E-state index contributed by atoms with van der Waals surface area (Å²) in [5.74, 6) is 0.537. The van der Waals surface area contributed by atoms with Crippen LogP contribution in [0.3, 0.4) is 0 Å². The van der Waals surface area contributed by atoms with Gasteiger partial charge in [-0.1, -0.05) is 93.3 Å². The zero-order chi connectivity index (χ0) is 40.3. The van der Waals surface area contributed by atoms with Gasteiger partial charge in [0.05, 0.1) is 24.9 Å². The molecule has 0 N–H and O–H groups in total. The number of nitrogens with zero attached hydrogens (tertiary/aromatic N) is 4. The van der Waals surface area contributed by atoms with Gasteiger partial charge in [-0.25, -0.2) is 4.98 Å². The van der Waals surface area contributed by atoms with Crippen molar-refractivity contribution in [2.75, 3.05) is 0 Å². The van der Waals surface area contributed by atoms with E-state index in [4.69, 9.17) is 14.1 Å². The molecular weight excluding hydrogens is 880 g/mol. The Labute approximate surface area is 341 Å². The van der Waals surface area contributed by atoms with Crippen molar-refractivity contribution in [3.63, 3.8) is 0 Å². The molecule has 0 amide bonds. The molecule has 0 atom stereocenters. The molecule has 0 saturated heterocycles. The van der Waals surface area contributed by atoms with E-state index in [0.29, 0.717) is 16.8 Å².